The largest absolute Gasteiger partial charge is 0.497 e. The van der Waals surface area contributed by atoms with Gasteiger partial charge in [-0.05, 0) is 42.3 Å². The van der Waals surface area contributed by atoms with E-state index in [0.29, 0.717) is 11.6 Å². The van der Waals surface area contributed by atoms with Crippen LogP contribution in [0.25, 0.3) is 0 Å². The molecule has 0 aliphatic carbocycles. The van der Waals surface area contributed by atoms with E-state index in [-0.39, 0.29) is 24.0 Å². The van der Waals surface area contributed by atoms with E-state index in [9.17, 15) is 0 Å². The van der Waals surface area contributed by atoms with Crippen LogP contribution in [0.2, 0.25) is 5.02 Å². The zero-order valence-corrected chi connectivity index (χ0v) is 22.2. The van der Waals surface area contributed by atoms with Gasteiger partial charge in [-0.2, -0.15) is 0 Å². The van der Waals surface area contributed by atoms with Crippen LogP contribution in [0.1, 0.15) is 18.1 Å². The Morgan fingerprint density at radius 3 is 2.53 bits per heavy atom. The molecule has 32 heavy (non-hydrogen) atoms. The van der Waals surface area contributed by atoms with E-state index in [4.69, 9.17) is 16.3 Å². The predicted octanol–water partition coefficient (Wildman–Crippen LogP) is 3.41. The van der Waals surface area contributed by atoms with Gasteiger partial charge in [-0.15, -0.1) is 24.0 Å². The average molecular weight is 573 g/mol. The molecule has 0 spiro atoms. The van der Waals surface area contributed by atoms with Crippen LogP contribution in [0.15, 0.2) is 41.5 Å². The van der Waals surface area contributed by atoms with Gasteiger partial charge in [0, 0.05) is 57.5 Å². The lowest BCUT2D eigenvalue weighted by molar-refractivity contribution is 0.270. The van der Waals surface area contributed by atoms with Gasteiger partial charge in [0.25, 0.3) is 0 Å². The van der Waals surface area contributed by atoms with Gasteiger partial charge < -0.3 is 25.2 Å². The Morgan fingerprint density at radius 2 is 1.94 bits per heavy atom. The number of pyridine rings is 1. The first kappa shape index (κ1) is 26.5. The van der Waals surface area contributed by atoms with Gasteiger partial charge in [0.1, 0.15) is 11.6 Å². The molecular weight excluding hydrogens is 539 g/mol. The molecule has 0 bridgehead atoms. The number of hydrogen-bond acceptors (Lipinski definition) is 5. The first-order chi connectivity index (χ1) is 15.1. The summed E-state index contributed by atoms with van der Waals surface area (Å²) in [5.41, 5.74) is 2.20. The number of nitrogens with one attached hydrogen (secondary N) is 2. The number of aliphatic imine (C=N–C) groups is 1. The molecular formula is C23H34ClIN6O. The maximum absolute atomic E-state index is 6.32. The fourth-order valence-corrected chi connectivity index (χ4v) is 3.85. The van der Waals surface area contributed by atoms with Crippen LogP contribution in [-0.4, -0.2) is 69.3 Å². The van der Waals surface area contributed by atoms with Crippen molar-refractivity contribution in [1.29, 1.82) is 0 Å². The van der Waals surface area contributed by atoms with Crippen LogP contribution in [0.4, 0.5) is 5.82 Å². The van der Waals surface area contributed by atoms with Gasteiger partial charge in [0.05, 0.1) is 7.11 Å². The molecule has 1 aromatic heterocycles. The van der Waals surface area contributed by atoms with Gasteiger partial charge in [0.2, 0.25) is 0 Å². The quantitative estimate of drug-likeness (QED) is 0.287. The van der Waals surface area contributed by atoms with Crippen molar-refractivity contribution in [2.45, 2.75) is 19.9 Å². The second-order valence-corrected chi connectivity index (χ2v) is 7.91. The molecule has 1 saturated heterocycles. The fraction of sp³-hybridized carbons (Fsp3) is 0.478. The molecule has 0 saturated carbocycles. The normalized spacial score (nSPS) is 14.6. The Bertz CT molecular complexity index is 856. The summed E-state index contributed by atoms with van der Waals surface area (Å²) in [5.74, 6) is 2.57. The van der Waals surface area contributed by atoms with E-state index in [0.717, 1.165) is 74.3 Å². The molecule has 9 heteroatoms. The fourth-order valence-electron chi connectivity index (χ4n) is 3.58. The van der Waals surface area contributed by atoms with Crippen LogP contribution < -0.4 is 20.3 Å². The third-order valence-corrected chi connectivity index (χ3v) is 5.94. The van der Waals surface area contributed by atoms with Gasteiger partial charge in [0.15, 0.2) is 5.96 Å². The number of hydrogen-bond donors (Lipinski definition) is 2. The Morgan fingerprint density at radius 1 is 1.16 bits per heavy atom. The highest BCUT2D eigenvalue weighted by molar-refractivity contribution is 14.0. The highest BCUT2D eigenvalue weighted by atomic mass is 127. The van der Waals surface area contributed by atoms with E-state index in [1.54, 1.807) is 14.2 Å². The van der Waals surface area contributed by atoms with Crippen molar-refractivity contribution in [2.24, 2.45) is 4.99 Å². The van der Waals surface area contributed by atoms with Crippen LogP contribution in [-0.2, 0) is 13.0 Å². The summed E-state index contributed by atoms with van der Waals surface area (Å²) in [4.78, 5) is 13.8. The van der Waals surface area contributed by atoms with Crippen molar-refractivity contribution >= 4 is 47.4 Å². The first-order valence-corrected chi connectivity index (χ1v) is 11.2. The molecule has 1 aliphatic rings. The average Bonchev–Trinajstić information content (AvgIpc) is 2.82. The topological polar surface area (TPSA) is 65.0 Å². The lowest BCUT2D eigenvalue weighted by Crippen LogP contribution is -2.46. The number of guanidine groups is 1. The molecule has 2 heterocycles. The highest BCUT2D eigenvalue weighted by Gasteiger charge is 2.16. The molecule has 0 amide bonds. The van der Waals surface area contributed by atoms with Gasteiger partial charge >= 0.3 is 0 Å². The summed E-state index contributed by atoms with van der Waals surface area (Å²) in [5, 5.41) is 7.39. The van der Waals surface area contributed by atoms with E-state index >= 15 is 0 Å². The molecule has 0 atom stereocenters. The van der Waals surface area contributed by atoms with E-state index in [2.05, 4.69) is 49.5 Å². The lowest BCUT2D eigenvalue weighted by Gasteiger charge is -2.34. The number of benzene rings is 1. The van der Waals surface area contributed by atoms with Crippen molar-refractivity contribution in [3.63, 3.8) is 0 Å². The SMILES string of the molecule is CCN1CCN(c2ccc(CNC(=NC)NCCc3ccc(OC)cc3Cl)cn2)CC1.I. The van der Waals surface area contributed by atoms with E-state index in [1.165, 1.54) is 0 Å². The molecule has 1 aromatic carbocycles. The number of rotatable bonds is 8. The summed E-state index contributed by atoms with van der Waals surface area (Å²) in [6.45, 7) is 9.00. The molecule has 1 aliphatic heterocycles. The minimum atomic E-state index is 0. The second-order valence-electron chi connectivity index (χ2n) is 7.51. The summed E-state index contributed by atoms with van der Waals surface area (Å²) in [6.07, 6.45) is 2.74. The molecule has 176 valence electrons. The van der Waals surface area contributed by atoms with E-state index in [1.807, 2.05) is 24.4 Å². The standard InChI is InChI=1S/C23H33ClN6O.HI/c1-4-29-11-13-30(14-12-29)22-8-5-18(16-27-22)17-28-23(25-2)26-10-9-19-6-7-20(31-3)15-21(19)24;/h5-8,15-16H,4,9-14,17H2,1-3H3,(H2,25,26,28);1H. The number of anilines is 1. The van der Waals surface area contributed by atoms with Gasteiger partial charge in [-0.25, -0.2) is 4.98 Å². The first-order valence-electron chi connectivity index (χ1n) is 10.8. The van der Waals surface area contributed by atoms with Crippen molar-refractivity contribution in [2.75, 3.05) is 58.3 Å². The molecule has 7 nitrogen and oxygen atoms in total. The second kappa shape index (κ2) is 13.7. The van der Waals surface area contributed by atoms with Crippen molar-refractivity contribution in [1.82, 2.24) is 20.5 Å². The highest BCUT2D eigenvalue weighted by Crippen LogP contribution is 2.22. The van der Waals surface area contributed by atoms with E-state index < -0.39 is 0 Å². The number of halogens is 2. The summed E-state index contributed by atoms with van der Waals surface area (Å²) in [7, 11) is 3.41. The number of piperazine rings is 1. The predicted molar refractivity (Wildman–Crippen MR) is 144 cm³/mol. The van der Waals surface area contributed by atoms with Gasteiger partial charge in [-0.3, -0.25) is 4.99 Å². The zero-order chi connectivity index (χ0) is 22.1. The molecule has 2 N–H and O–H groups in total. The lowest BCUT2D eigenvalue weighted by atomic mass is 10.1. The summed E-state index contributed by atoms with van der Waals surface area (Å²) >= 11 is 6.32. The Balaban J connectivity index is 0.00000363. The zero-order valence-electron chi connectivity index (χ0n) is 19.1. The third-order valence-electron chi connectivity index (χ3n) is 5.58. The van der Waals surface area contributed by atoms with Crippen molar-refractivity contribution in [3.8, 4) is 5.75 Å². The van der Waals surface area contributed by atoms with Crippen molar-refractivity contribution < 1.29 is 4.74 Å². The number of likely N-dealkylation sites (N-methyl/N-ethyl adjacent to an activating group) is 1. The van der Waals surface area contributed by atoms with Crippen LogP contribution in [0.3, 0.4) is 0 Å². The van der Waals surface area contributed by atoms with Gasteiger partial charge in [-0.1, -0.05) is 30.7 Å². The number of aromatic nitrogens is 1. The Labute approximate surface area is 213 Å². The monoisotopic (exact) mass is 572 g/mol. The number of nitrogens with zero attached hydrogens (tertiary/aromatic N) is 4. The summed E-state index contributed by atoms with van der Waals surface area (Å²) < 4.78 is 5.20. The maximum Gasteiger partial charge on any atom is 0.191 e. The number of methoxy groups -OCH3 is 1. The Hall–Kier alpha value is -1.78. The molecule has 3 rings (SSSR count). The minimum Gasteiger partial charge on any atom is -0.497 e. The van der Waals surface area contributed by atoms with Crippen LogP contribution >= 0.6 is 35.6 Å². The maximum atomic E-state index is 6.32. The summed E-state index contributed by atoms with van der Waals surface area (Å²) in [6, 6.07) is 10.00. The Kier molecular flexibility index (Phi) is 11.3. The smallest absolute Gasteiger partial charge is 0.191 e. The molecule has 0 radical (unpaired) electrons. The van der Waals surface area contributed by atoms with Crippen LogP contribution in [0, 0.1) is 0 Å². The minimum absolute atomic E-state index is 0. The molecule has 0 unspecified atom stereocenters. The van der Waals surface area contributed by atoms with Crippen LogP contribution in [0.5, 0.6) is 5.75 Å². The third kappa shape index (κ3) is 7.67. The molecule has 2 aromatic rings. The van der Waals surface area contributed by atoms with Crippen molar-refractivity contribution in [3.05, 3.63) is 52.7 Å². The molecule has 1 fully saturated rings. The number of ether oxygens (including phenoxy) is 1.